The fourth-order valence-corrected chi connectivity index (χ4v) is 3.22. The third-order valence-electron chi connectivity index (χ3n) is 4.16. The van der Waals surface area contributed by atoms with E-state index >= 15 is 0 Å². The number of fused-ring (bicyclic) bond motifs is 1. The highest BCUT2D eigenvalue weighted by molar-refractivity contribution is 6.31. The number of amides is 2. The zero-order valence-corrected chi connectivity index (χ0v) is 13.8. The standard InChI is InChI=1S/C16H16ClFN4O2/c1-7-15(23)21-13(9-5-8(18)3-4-10(9)17)14-11(19)6-12(22(7)14)16(24)20-2/h3-7,13H,19H2,1-2H3,(H,20,24)(H,21,23). The predicted octanol–water partition coefficient (Wildman–Crippen LogP) is 2.00. The lowest BCUT2D eigenvalue weighted by molar-refractivity contribution is -0.125. The molecule has 24 heavy (non-hydrogen) atoms. The molecule has 2 heterocycles. The number of carbonyl (C=O) groups is 2. The summed E-state index contributed by atoms with van der Waals surface area (Å²) in [5, 5.41) is 5.61. The van der Waals surface area contributed by atoms with Crippen LogP contribution in [0.4, 0.5) is 10.1 Å². The second kappa shape index (κ2) is 5.83. The monoisotopic (exact) mass is 350 g/mol. The molecule has 8 heteroatoms. The van der Waals surface area contributed by atoms with Gasteiger partial charge in [0.2, 0.25) is 5.91 Å². The first-order valence-electron chi connectivity index (χ1n) is 7.33. The molecule has 1 aliphatic rings. The molecule has 0 aliphatic carbocycles. The second-order valence-electron chi connectivity index (χ2n) is 5.60. The maximum atomic E-state index is 13.7. The van der Waals surface area contributed by atoms with Crippen LogP contribution >= 0.6 is 11.6 Å². The van der Waals surface area contributed by atoms with Crippen LogP contribution in [0.2, 0.25) is 5.02 Å². The van der Waals surface area contributed by atoms with E-state index in [1.807, 2.05) is 0 Å². The number of nitrogen functional groups attached to an aromatic ring is 1. The molecule has 2 atom stereocenters. The van der Waals surface area contributed by atoms with E-state index in [2.05, 4.69) is 10.6 Å². The van der Waals surface area contributed by atoms with Crippen molar-refractivity contribution < 1.29 is 14.0 Å². The summed E-state index contributed by atoms with van der Waals surface area (Å²) in [5.41, 5.74) is 7.57. The number of aromatic nitrogens is 1. The van der Waals surface area contributed by atoms with Gasteiger partial charge in [0.05, 0.1) is 17.4 Å². The topological polar surface area (TPSA) is 89.2 Å². The normalized spacial score (nSPS) is 19.6. The number of halogens is 2. The molecule has 0 spiro atoms. The molecular weight excluding hydrogens is 335 g/mol. The molecule has 0 radical (unpaired) electrons. The fourth-order valence-electron chi connectivity index (χ4n) is 3.00. The van der Waals surface area contributed by atoms with Gasteiger partial charge in [0.1, 0.15) is 17.6 Å². The smallest absolute Gasteiger partial charge is 0.267 e. The van der Waals surface area contributed by atoms with Gasteiger partial charge in [0, 0.05) is 17.6 Å². The second-order valence-corrected chi connectivity index (χ2v) is 6.01. The van der Waals surface area contributed by atoms with Gasteiger partial charge in [0.15, 0.2) is 0 Å². The van der Waals surface area contributed by atoms with Gasteiger partial charge in [-0.1, -0.05) is 11.6 Å². The molecular formula is C16H16ClFN4O2. The number of rotatable bonds is 2. The Bertz CT molecular complexity index is 849. The SMILES string of the molecule is CNC(=O)c1cc(N)c2n1C(C)C(=O)NC2c1cc(F)ccc1Cl. The van der Waals surface area contributed by atoms with Gasteiger partial charge in [0.25, 0.3) is 5.91 Å². The molecule has 126 valence electrons. The summed E-state index contributed by atoms with van der Waals surface area (Å²) in [4.78, 5) is 24.5. The number of carbonyl (C=O) groups excluding carboxylic acids is 2. The Morgan fingerprint density at radius 1 is 1.42 bits per heavy atom. The Morgan fingerprint density at radius 3 is 2.79 bits per heavy atom. The van der Waals surface area contributed by atoms with Crippen molar-refractivity contribution >= 4 is 29.1 Å². The number of hydrogen-bond donors (Lipinski definition) is 3. The number of nitrogens with one attached hydrogen (secondary N) is 2. The van der Waals surface area contributed by atoms with E-state index in [9.17, 15) is 14.0 Å². The third-order valence-corrected chi connectivity index (χ3v) is 4.51. The molecule has 0 saturated heterocycles. The average molecular weight is 351 g/mol. The summed E-state index contributed by atoms with van der Waals surface area (Å²) in [6.45, 7) is 1.66. The first-order valence-corrected chi connectivity index (χ1v) is 7.71. The van der Waals surface area contributed by atoms with Gasteiger partial charge in [-0.15, -0.1) is 0 Å². The Labute approximate surface area is 142 Å². The molecule has 4 N–H and O–H groups in total. The van der Waals surface area contributed by atoms with E-state index < -0.39 is 17.9 Å². The molecule has 0 saturated carbocycles. The molecule has 3 rings (SSSR count). The summed E-state index contributed by atoms with van der Waals surface area (Å²) in [5.74, 6) is -1.15. The highest BCUT2D eigenvalue weighted by atomic mass is 35.5. The van der Waals surface area contributed by atoms with Gasteiger partial charge >= 0.3 is 0 Å². The van der Waals surface area contributed by atoms with Crippen molar-refractivity contribution in [3.63, 3.8) is 0 Å². The van der Waals surface area contributed by atoms with Crippen LogP contribution in [0.15, 0.2) is 24.3 Å². The molecule has 0 fully saturated rings. The van der Waals surface area contributed by atoms with Gasteiger partial charge in [-0.2, -0.15) is 0 Å². The molecule has 1 aliphatic heterocycles. The molecule has 2 unspecified atom stereocenters. The van der Waals surface area contributed by atoms with Crippen LogP contribution in [0, 0.1) is 5.82 Å². The van der Waals surface area contributed by atoms with Gasteiger partial charge < -0.3 is 20.9 Å². The van der Waals surface area contributed by atoms with Gasteiger partial charge in [-0.25, -0.2) is 4.39 Å². The summed E-state index contributed by atoms with van der Waals surface area (Å²) in [7, 11) is 1.49. The van der Waals surface area contributed by atoms with E-state index in [1.54, 1.807) is 11.5 Å². The Kier molecular flexibility index (Phi) is 3.96. The van der Waals surface area contributed by atoms with Crippen molar-refractivity contribution in [3.8, 4) is 0 Å². The highest BCUT2D eigenvalue weighted by Gasteiger charge is 2.37. The first-order chi connectivity index (χ1) is 11.3. The van der Waals surface area contributed by atoms with E-state index in [1.165, 1.54) is 31.3 Å². The van der Waals surface area contributed by atoms with Crippen molar-refractivity contribution in [2.75, 3.05) is 12.8 Å². The zero-order valence-electron chi connectivity index (χ0n) is 13.1. The number of benzene rings is 1. The first kappa shape index (κ1) is 16.3. The minimum absolute atomic E-state index is 0.268. The van der Waals surface area contributed by atoms with Gasteiger partial charge in [-0.3, -0.25) is 9.59 Å². The van der Waals surface area contributed by atoms with Crippen molar-refractivity contribution in [2.45, 2.75) is 19.0 Å². The van der Waals surface area contributed by atoms with Crippen LogP contribution in [0.3, 0.4) is 0 Å². The maximum Gasteiger partial charge on any atom is 0.267 e. The highest BCUT2D eigenvalue weighted by Crippen LogP contribution is 2.38. The summed E-state index contributed by atoms with van der Waals surface area (Å²) >= 11 is 6.18. The molecule has 1 aromatic carbocycles. The van der Waals surface area contributed by atoms with Crippen molar-refractivity contribution in [3.05, 3.63) is 52.1 Å². The number of nitrogens with two attached hydrogens (primary N) is 1. The number of anilines is 1. The Balaban J connectivity index is 2.25. The van der Waals surface area contributed by atoms with Crippen LogP contribution in [-0.4, -0.2) is 23.4 Å². The molecule has 0 bridgehead atoms. The summed E-state index contributed by atoms with van der Waals surface area (Å²) in [6.07, 6.45) is 0. The molecule has 1 aromatic heterocycles. The third kappa shape index (κ3) is 2.41. The lowest BCUT2D eigenvalue weighted by Crippen LogP contribution is -2.43. The van der Waals surface area contributed by atoms with E-state index in [4.69, 9.17) is 17.3 Å². The maximum absolute atomic E-state index is 13.7. The number of nitrogens with zero attached hydrogens (tertiary/aromatic N) is 1. The van der Waals surface area contributed by atoms with Crippen molar-refractivity contribution in [2.24, 2.45) is 0 Å². The fraction of sp³-hybridized carbons (Fsp3) is 0.250. The number of hydrogen-bond acceptors (Lipinski definition) is 3. The molecule has 2 aromatic rings. The summed E-state index contributed by atoms with van der Waals surface area (Å²) < 4.78 is 15.2. The lowest BCUT2D eigenvalue weighted by atomic mass is 9.99. The van der Waals surface area contributed by atoms with E-state index in [-0.39, 0.29) is 17.5 Å². The van der Waals surface area contributed by atoms with Crippen molar-refractivity contribution in [1.82, 2.24) is 15.2 Å². The quantitative estimate of drug-likeness (QED) is 0.774. The zero-order chi connectivity index (χ0) is 17.6. The minimum Gasteiger partial charge on any atom is -0.397 e. The minimum atomic E-state index is -0.740. The van der Waals surface area contributed by atoms with Crippen LogP contribution in [0.25, 0.3) is 0 Å². The molecule has 6 nitrogen and oxygen atoms in total. The molecule has 2 amide bonds. The lowest BCUT2D eigenvalue weighted by Gasteiger charge is -2.32. The van der Waals surface area contributed by atoms with Crippen LogP contribution in [-0.2, 0) is 4.79 Å². The average Bonchev–Trinajstić information content (AvgIpc) is 2.90. The van der Waals surface area contributed by atoms with Gasteiger partial charge in [-0.05, 0) is 31.2 Å². The van der Waals surface area contributed by atoms with Crippen LogP contribution < -0.4 is 16.4 Å². The largest absolute Gasteiger partial charge is 0.397 e. The van der Waals surface area contributed by atoms with E-state index in [0.717, 1.165) is 0 Å². The Hall–Kier alpha value is -2.54. The Morgan fingerprint density at radius 2 is 2.12 bits per heavy atom. The summed E-state index contributed by atoms with van der Waals surface area (Å²) in [6, 6.07) is 4.03. The van der Waals surface area contributed by atoms with E-state index in [0.29, 0.717) is 22.0 Å². The van der Waals surface area contributed by atoms with Crippen LogP contribution in [0.5, 0.6) is 0 Å². The van der Waals surface area contributed by atoms with Crippen LogP contribution in [0.1, 0.15) is 40.8 Å². The predicted molar refractivity (Wildman–Crippen MR) is 88.3 cm³/mol. The van der Waals surface area contributed by atoms with Crippen molar-refractivity contribution in [1.29, 1.82) is 0 Å².